The van der Waals surface area contributed by atoms with E-state index in [4.69, 9.17) is 18.9 Å². The second kappa shape index (κ2) is 34.0. The number of aliphatic hydroxyl groups excluding tert-OH is 3. The Morgan fingerprint density at radius 1 is 0.589 bits per heavy atom. The second-order valence-corrected chi connectivity index (χ2v) is 16.9. The molecule has 0 aromatic carbocycles. The van der Waals surface area contributed by atoms with E-state index in [0.717, 1.165) is 64.2 Å². The van der Waals surface area contributed by atoms with Crippen molar-refractivity contribution in [3.8, 4) is 0 Å². The number of allylic oxidation sites excluding steroid dienone is 4. The molecule has 0 saturated carbocycles. The summed E-state index contributed by atoms with van der Waals surface area (Å²) in [6.07, 6.45) is 26.6. The Morgan fingerprint density at radius 2 is 1.02 bits per heavy atom. The van der Waals surface area contributed by atoms with Crippen LogP contribution in [-0.2, 0) is 38.7 Å². The quantitative estimate of drug-likeness (QED) is 0.0205. The molecular formula is C43H78O12S. The number of ether oxygens (including phenoxy) is 4. The van der Waals surface area contributed by atoms with Crippen molar-refractivity contribution in [3.63, 3.8) is 0 Å². The molecule has 0 bridgehead atoms. The Labute approximate surface area is 338 Å². The van der Waals surface area contributed by atoms with Gasteiger partial charge in [-0.05, 0) is 64.2 Å². The highest BCUT2D eigenvalue weighted by Gasteiger charge is 2.46. The van der Waals surface area contributed by atoms with Gasteiger partial charge in [0, 0.05) is 12.8 Å². The Hall–Kier alpha value is -1.87. The summed E-state index contributed by atoms with van der Waals surface area (Å²) in [5.74, 6) is -2.01. The molecule has 0 aromatic rings. The lowest BCUT2D eigenvalue weighted by Crippen LogP contribution is -2.60. The van der Waals surface area contributed by atoms with E-state index in [9.17, 15) is 37.9 Å². The number of unbranched alkanes of at least 4 members (excludes halogenated alkanes) is 20. The van der Waals surface area contributed by atoms with Gasteiger partial charge in [-0.15, -0.1) is 0 Å². The fourth-order valence-electron chi connectivity index (χ4n) is 6.55. The lowest BCUT2D eigenvalue weighted by molar-refractivity contribution is -0.297. The third kappa shape index (κ3) is 28.5. The summed E-state index contributed by atoms with van der Waals surface area (Å²) < 4.78 is 53.9. The zero-order chi connectivity index (χ0) is 41.3. The molecule has 56 heavy (non-hydrogen) atoms. The minimum atomic E-state index is -4.60. The molecule has 1 saturated heterocycles. The maximum Gasteiger partial charge on any atom is 0.306 e. The fourth-order valence-corrected chi connectivity index (χ4v) is 7.24. The molecule has 1 aliphatic heterocycles. The van der Waals surface area contributed by atoms with E-state index < -0.39 is 71.2 Å². The highest BCUT2D eigenvalue weighted by Crippen LogP contribution is 2.24. The van der Waals surface area contributed by atoms with Gasteiger partial charge in [-0.25, -0.2) is 0 Å². The van der Waals surface area contributed by atoms with Crippen molar-refractivity contribution in [3.05, 3.63) is 24.3 Å². The molecular weight excluding hydrogens is 741 g/mol. The van der Waals surface area contributed by atoms with Gasteiger partial charge in [-0.3, -0.25) is 14.1 Å². The Kier molecular flexibility index (Phi) is 31.7. The van der Waals surface area contributed by atoms with Crippen molar-refractivity contribution >= 4 is 22.1 Å². The number of carbonyl (C=O) groups excluding carboxylic acids is 2. The van der Waals surface area contributed by atoms with Gasteiger partial charge in [-0.1, -0.05) is 128 Å². The van der Waals surface area contributed by atoms with E-state index >= 15 is 0 Å². The van der Waals surface area contributed by atoms with Crippen LogP contribution in [0.4, 0.5) is 0 Å². The normalized spacial score (nSPS) is 20.9. The molecule has 4 N–H and O–H groups in total. The lowest BCUT2D eigenvalue weighted by Gasteiger charge is -2.40. The van der Waals surface area contributed by atoms with Crippen LogP contribution in [0.25, 0.3) is 0 Å². The van der Waals surface area contributed by atoms with Crippen molar-refractivity contribution in [2.45, 2.75) is 218 Å². The minimum absolute atomic E-state index is 0.144. The predicted molar refractivity (Wildman–Crippen MR) is 220 cm³/mol. The van der Waals surface area contributed by atoms with Gasteiger partial charge in [0.2, 0.25) is 0 Å². The average molecular weight is 819 g/mol. The number of rotatable bonds is 36. The maximum atomic E-state index is 12.8. The van der Waals surface area contributed by atoms with Crippen molar-refractivity contribution in [2.24, 2.45) is 0 Å². The van der Waals surface area contributed by atoms with Crippen LogP contribution < -0.4 is 0 Å². The number of esters is 2. The Morgan fingerprint density at radius 3 is 1.50 bits per heavy atom. The first-order valence-corrected chi connectivity index (χ1v) is 23.5. The molecule has 1 fully saturated rings. The predicted octanol–water partition coefficient (Wildman–Crippen LogP) is 8.45. The maximum absolute atomic E-state index is 12.8. The number of aliphatic hydroxyl groups is 3. The fraction of sp³-hybridized carbons (Fsp3) is 0.860. The molecule has 0 aliphatic carbocycles. The molecule has 13 heteroatoms. The summed E-state index contributed by atoms with van der Waals surface area (Å²) in [7, 11) is -4.60. The first-order valence-electron chi connectivity index (χ1n) is 21.9. The van der Waals surface area contributed by atoms with E-state index in [1.807, 2.05) is 0 Å². The van der Waals surface area contributed by atoms with E-state index in [1.165, 1.54) is 77.0 Å². The molecule has 2 unspecified atom stereocenters. The first kappa shape index (κ1) is 52.1. The van der Waals surface area contributed by atoms with Gasteiger partial charge >= 0.3 is 11.9 Å². The minimum Gasteiger partial charge on any atom is -0.462 e. The van der Waals surface area contributed by atoms with Gasteiger partial charge in [0.05, 0.1) is 6.61 Å². The lowest BCUT2D eigenvalue weighted by atomic mass is 10.00. The molecule has 6 atom stereocenters. The van der Waals surface area contributed by atoms with E-state index in [2.05, 4.69) is 38.2 Å². The van der Waals surface area contributed by atoms with Crippen LogP contribution in [0.15, 0.2) is 24.3 Å². The van der Waals surface area contributed by atoms with Crippen LogP contribution in [0.3, 0.4) is 0 Å². The van der Waals surface area contributed by atoms with Gasteiger partial charge in [0.25, 0.3) is 10.1 Å². The van der Waals surface area contributed by atoms with Crippen molar-refractivity contribution in [1.82, 2.24) is 0 Å². The van der Waals surface area contributed by atoms with Crippen LogP contribution >= 0.6 is 0 Å². The topological polar surface area (TPSA) is 186 Å². The van der Waals surface area contributed by atoms with Gasteiger partial charge in [0.1, 0.15) is 36.8 Å². The second-order valence-electron chi connectivity index (χ2n) is 15.4. The molecule has 0 amide bonds. The van der Waals surface area contributed by atoms with Crippen molar-refractivity contribution < 1.29 is 56.8 Å². The van der Waals surface area contributed by atoms with Gasteiger partial charge in [0.15, 0.2) is 12.4 Å². The van der Waals surface area contributed by atoms with Crippen molar-refractivity contribution in [2.75, 3.05) is 19.0 Å². The smallest absolute Gasteiger partial charge is 0.306 e. The SMILES string of the molecule is CCCCCCCC/C=C/CCCCCCCC(=O)OC[C@H](CO[C@H]1O[C@H](CS(=O)(=O)O)[C@@H](O)C(O)C1O)OC(=O)CCCCC/C=C/CCCCCCCC. The molecule has 1 rings (SSSR count). The molecule has 0 radical (unpaired) electrons. The molecule has 0 aromatic heterocycles. The molecule has 0 spiro atoms. The van der Waals surface area contributed by atoms with Crippen LogP contribution in [-0.4, -0.2) is 96.0 Å². The number of hydrogen-bond acceptors (Lipinski definition) is 11. The van der Waals surface area contributed by atoms with Crippen LogP contribution in [0.2, 0.25) is 0 Å². The summed E-state index contributed by atoms with van der Waals surface area (Å²) in [6.45, 7) is 3.72. The summed E-state index contributed by atoms with van der Waals surface area (Å²) in [5, 5.41) is 30.8. The van der Waals surface area contributed by atoms with Crippen molar-refractivity contribution in [1.29, 1.82) is 0 Å². The summed E-state index contributed by atoms with van der Waals surface area (Å²) in [4.78, 5) is 25.3. The highest BCUT2D eigenvalue weighted by atomic mass is 32.2. The Bertz CT molecular complexity index is 1140. The third-order valence-corrected chi connectivity index (χ3v) is 10.8. The summed E-state index contributed by atoms with van der Waals surface area (Å²) in [6, 6.07) is 0. The zero-order valence-electron chi connectivity index (χ0n) is 34.7. The number of hydrogen-bond donors (Lipinski definition) is 4. The molecule has 1 aliphatic rings. The zero-order valence-corrected chi connectivity index (χ0v) is 35.6. The summed E-state index contributed by atoms with van der Waals surface area (Å²) in [5.41, 5.74) is 0. The molecule has 12 nitrogen and oxygen atoms in total. The Balaban J connectivity index is 2.48. The highest BCUT2D eigenvalue weighted by molar-refractivity contribution is 7.85. The van der Waals surface area contributed by atoms with Gasteiger partial charge in [-0.2, -0.15) is 8.42 Å². The van der Waals surface area contributed by atoms with E-state index in [1.54, 1.807) is 0 Å². The van der Waals surface area contributed by atoms with Gasteiger partial charge < -0.3 is 34.3 Å². The average Bonchev–Trinajstić information content (AvgIpc) is 3.16. The third-order valence-electron chi connectivity index (χ3n) is 10.0. The summed E-state index contributed by atoms with van der Waals surface area (Å²) >= 11 is 0. The van der Waals surface area contributed by atoms with E-state index in [0.29, 0.717) is 12.8 Å². The van der Waals surface area contributed by atoms with Crippen LogP contribution in [0.5, 0.6) is 0 Å². The van der Waals surface area contributed by atoms with Crippen LogP contribution in [0.1, 0.15) is 181 Å². The monoisotopic (exact) mass is 819 g/mol. The standard InChI is InChI=1S/C43H78O12S/c1-3-5-7-9-11-13-15-17-18-20-21-23-25-27-29-31-38(44)52-33-36(34-53-43-42(48)41(47)40(46)37(55-43)35-56(49,50)51)54-39(45)32-30-28-26-24-22-19-16-14-12-10-8-6-4-2/h17-19,22,36-37,40-43,46-48H,3-16,20-21,23-35H2,1-2H3,(H,49,50,51)/b18-17+,22-19+/t36-,37-,40-,41?,42?,43+/m1/s1. The largest absolute Gasteiger partial charge is 0.462 e. The molecule has 1 heterocycles. The number of carbonyl (C=O) groups is 2. The first-order chi connectivity index (χ1) is 27.0. The molecule has 328 valence electrons. The van der Waals surface area contributed by atoms with Crippen LogP contribution in [0, 0.1) is 0 Å². The van der Waals surface area contributed by atoms with E-state index in [-0.39, 0.29) is 19.4 Å².